The average Bonchev–Trinajstić information content (AvgIpc) is 3.13. The normalized spacial score (nSPS) is 11.8. The molecule has 3 rings (SSSR count). The number of hydrogen-bond acceptors (Lipinski definition) is 5. The van der Waals surface area contributed by atoms with Gasteiger partial charge in [-0.2, -0.15) is 0 Å². The second-order valence-electron chi connectivity index (χ2n) is 6.12. The SMILES string of the molecule is COc1ccccc1CN(CCC(=O)Nc1ccc2c(c1)OCO2)C(C)=O. The van der Waals surface area contributed by atoms with E-state index in [1.165, 1.54) is 6.92 Å². The van der Waals surface area contributed by atoms with Gasteiger partial charge in [0.2, 0.25) is 18.6 Å². The summed E-state index contributed by atoms with van der Waals surface area (Å²) in [4.78, 5) is 25.9. The van der Waals surface area contributed by atoms with Crippen LogP contribution < -0.4 is 19.5 Å². The van der Waals surface area contributed by atoms with Crippen molar-refractivity contribution in [3.05, 3.63) is 48.0 Å². The van der Waals surface area contributed by atoms with Crippen molar-refractivity contribution in [2.75, 3.05) is 25.8 Å². The number of hydrogen-bond donors (Lipinski definition) is 1. The lowest BCUT2D eigenvalue weighted by atomic mass is 10.2. The third-order valence-electron chi connectivity index (χ3n) is 4.26. The highest BCUT2D eigenvalue weighted by Gasteiger charge is 2.16. The number of fused-ring (bicyclic) bond motifs is 1. The van der Waals surface area contributed by atoms with Crippen LogP contribution in [-0.2, 0) is 16.1 Å². The Morgan fingerprint density at radius 1 is 1.15 bits per heavy atom. The number of carbonyl (C=O) groups is 2. The maximum absolute atomic E-state index is 12.3. The van der Waals surface area contributed by atoms with Gasteiger partial charge >= 0.3 is 0 Å². The Labute approximate surface area is 157 Å². The second kappa shape index (κ2) is 8.44. The van der Waals surface area contributed by atoms with Gasteiger partial charge in [0.05, 0.1) is 7.11 Å². The number of para-hydroxylation sites is 1. The Kier molecular flexibility index (Phi) is 5.80. The van der Waals surface area contributed by atoms with Crippen LogP contribution in [0.5, 0.6) is 17.2 Å². The molecular weight excluding hydrogens is 348 g/mol. The molecule has 0 radical (unpaired) electrons. The molecule has 1 aliphatic heterocycles. The van der Waals surface area contributed by atoms with Crippen LogP contribution in [0.2, 0.25) is 0 Å². The Morgan fingerprint density at radius 2 is 1.93 bits per heavy atom. The summed E-state index contributed by atoms with van der Waals surface area (Å²) >= 11 is 0. The van der Waals surface area contributed by atoms with Gasteiger partial charge in [-0.1, -0.05) is 18.2 Å². The lowest BCUT2D eigenvalue weighted by molar-refractivity contribution is -0.129. The van der Waals surface area contributed by atoms with Crippen LogP contribution in [0.1, 0.15) is 18.9 Å². The summed E-state index contributed by atoms with van der Waals surface area (Å²) in [5.41, 5.74) is 1.52. The van der Waals surface area contributed by atoms with Gasteiger partial charge in [-0.3, -0.25) is 9.59 Å². The lowest BCUT2D eigenvalue weighted by Gasteiger charge is -2.22. The largest absolute Gasteiger partial charge is 0.496 e. The molecule has 2 aromatic rings. The minimum absolute atomic E-state index is 0.100. The van der Waals surface area contributed by atoms with Gasteiger partial charge in [-0.15, -0.1) is 0 Å². The molecule has 2 aromatic carbocycles. The first-order valence-electron chi connectivity index (χ1n) is 8.63. The first kappa shape index (κ1) is 18.6. The molecule has 0 spiro atoms. The van der Waals surface area contributed by atoms with Crippen LogP contribution in [-0.4, -0.2) is 37.2 Å². The van der Waals surface area contributed by atoms with E-state index in [9.17, 15) is 9.59 Å². The Hall–Kier alpha value is -3.22. The summed E-state index contributed by atoms with van der Waals surface area (Å²) in [6, 6.07) is 12.7. The number of anilines is 1. The van der Waals surface area contributed by atoms with Crippen molar-refractivity contribution in [2.24, 2.45) is 0 Å². The topological polar surface area (TPSA) is 77.1 Å². The fraction of sp³-hybridized carbons (Fsp3) is 0.300. The highest BCUT2D eigenvalue weighted by molar-refractivity contribution is 5.91. The Morgan fingerprint density at radius 3 is 2.70 bits per heavy atom. The molecule has 1 N–H and O–H groups in total. The van der Waals surface area contributed by atoms with Crippen molar-refractivity contribution >= 4 is 17.5 Å². The van der Waals surface area contributed by atoms with Crippen molar-refractivity contribution in [1.29, 1.82) is 0 Å². The monoisotopic (exact) mass is 370 g/mol. The van der Waals surface area contributed by atoms with Gasteiger partial charge in [0.15, 0.2) is 11.5 Å². The minimum Gasteiger partial charge on any atom is -0.496 e. The number of nitrogens with one attached hydrogen (secondary N) is 1. The summed E-state index contributed by atoms with van der Waals surface area (Å²) < 4.78 is 15.9. The molecule has 0 bridgehead atoms. The van der Waals surface area contributed by atoms with Gasteiger partial charge in [0.1, 0.15) is 5.75 Å². The van der Waals surface area contributed by atoms with E-state index < -0.39 is 0 Å². The molecule has 0 saturated carbocycles. The van der Waals surface area contributed by atoms with Gasteiger partial charge in [0, 0.05) is 43.8 Å². The molecule has 0 atom stereocenters. The molecule has 7 nitrogen and oxygen atoms in total. The van der Waals surface area contributed by atoms with Crippen molar-refractivity contribution in [3.8, 4) is 17.2 Å². The predicted octanol–water partition coefficient (Wildman–Crippen LogP) is 2.80. The number of ether oxygens (including phenoxy) is 3. The molecule has 1 heterocycles. The molecule has 27 heavy (non-hydrogen) atoms. The Balaban J connectivity index is 1.57. The lowest BCUT2D eigenvalue weighted by Crippen LogP contribution is -2.31. The fourth-order valence-electron chi connectivity index (χ4n) is 2.82. The number of benzene rings is 2. The summed E-state index contributed by atoms with van der Waals surface area (Å²) in [6.07, 6.45) is 0.184. The van der Waals surface area contributed by atoms with Crippen molar-refractivity contribution in [3.63, 3.8) is 0 Å². The van der Waals surface area contributed by atoms with E-state index in [0.29, 0.717) is 36.0 Å². The summed E-state index contributed by atoms with van der Waals surface area (Å²) in [7, 11) is 1.59. The molecule has 1 aliphatic rings. The van der Waals surface area contributed by atoms with E-state index in [1.54, 1.807) is 30.2 Å². The van der Waals surface area contributed by atoms with Gasteiger partial charge in [-0.25, -0.2) is 0 Å². The van der Waals surface area contributed by atoms with Crippen molar-refractivity contribution in [2.45, 2.75) is 19.9 Å². The number of nitrogens with zero attached hydrogens (tertiary/aromatic N) is 1. The second-order valence-corrected chi connectivity index (χ2v) is 6.12. The molecule has 2 amide bonds. The summed E-state index contributed by atoms with van der Waals surface area (Å²) in [5, 5.41) is 2.82. The summed E-state index contributed by atoms with van der Waals surface area (Å²) in [6.45, 7) is 2.37. The standard InChI is InChI=1S/C20H22N2O5/c1-14(23)22(12-15-5-3-4-6-17(15)25-2)10-9-20(24)21-16-7-8-18-19(11-16)27-13-26-18/h3-8,11H,9-10,12-13H2,1-2H3,(H,21,24). The van der Waals surface area contributed by atoms with E-state index in [2.05, 4.69) is 5.32 Å². The molecular formula is C20H22N2O5. The molecule has 0 unspecified atom stereocenters. The van der Waals surface area contributed by atoms with Crippen LogP contribution in [0.4, 0.5) is 5.69 Å². The molecule has 0 saturated heterocycles. The van der Waals surface area contributed by atoms with Crippen LogP contribution in [0, 0.1) is 0 Å². The number of amides is 2. The highest BCUT2D eigenvalue weighted by atomic mass is 16.7. The highest BCUT2D eigenvalue weighted by Crippen LogP contribution is 2.34. The third kappa shape index (κ3) is 4.69. The molecule has 7 heteroatoms. The van der Waals surface area contributed by atoms with Crippen molar-refractivity contribution < 1.29 is 23.8 Å². The number of carbonyl (C=O) groups excluding carboxylic acids is 2. The van der Waals surface area contributed by atoms with E-state index in [4.69, 9.17) is 14.2 Å². The van der Waals surface area contributed by atoms with Gasteiger partial charge in [0.25, 0.3) is 0 Å². The van der Waals surface area contributed by atoms with Crippen LogP contribution in [0.3, 0.4) is 0 Å². The van der Waals surface area contributed by atoms with E-state index in [-0.39, 0.29) is 25.0 Å². The minimum atomic E-state index is -0.180. The van der Waals surface area contributed by atoms with Gasteiger partial charge < -0.3 is 24.4 Å². The van der Waals surface area contributed by atoms with Crippen molar-refractivity contribution in [1.82, 2.24) is 4.90 Å². The zero-order valence-corrected chi connectivity index (χ0v) is 15.4. The summed E-state index contributed by atoms with van der Waals surface area (Å²) in [5.74, 6) is 1.70. The third-order valence-corrected chi connectivity index (χ3v) is 4.26. The average molecular weight is 370 g/mol. The number of rotatable bonds is 7. The maximum atomic E-state index is 12.3. The maximum Gasteiger partial charge on any atom is 0.231 e. The first-order valence-corrected chi connectivity index (χ1v) is 8.63. The van der Waals surface area contributed by atoms with Gasteiger partial charge in [-0.05, 0) is 18.2 Å². The zero-order valence-electron chi connectivity index (χ0n) is 15.4. The molecule has 142 valence electrons. The van der Waals surface area contributed by atoms with Crippen LogP contribution >= 0.6 is 0 Å². The molecule has 0 fully saturated rings. The van der Waals surface area contributed by atoms with E-state index >= 15 is 0 Å². The van der Waals surface area contributed by atoms with E-state index in [1.807, 2.05) is 24.3 Å². The smallest absolute Gasteiger partial charge is 0.231 e. The zero-order chi connectivity index (χ0) is 19.2. The predicted molar refractivity (Wildman–Crippen MR) is 99.9 cm³/mol. The fourth-order valence-corrected chi connectivity index (χ4v) is 2.82. The molecule has 0 aromatic heterocycles. The van der Waals surface area contributed by atoms with Crippen LogP contribution in [0.15, 0.2) is 42.5 Å². The quantitative estimate of drug-likeness (QED) is 0.811. The Bertz CT molecular complexity index is 837. The molecule has 0 aliphatic carbocycles. The first-order chi connectivity index (χ1) is 13.1. The van der Waals surface area contributed by atoms with Crippen LogP contribution in [0.25, 0.3) is 0 Å². The number of methoxy groups -OCH3 is 1. The van der Waals surface area contributed by atoms with E-state index in [0.717, 1.165) is 5.56 Å².